The lowest BCUT2D eigenvalue weighted by Gasteiger charge is -2.26. The highest BCUT2D eigenvalue weighted by atomic mass is 35.5. The van der Waals surface area contributed by atoms with Gasteiger partial charge < -0.3 is 4.90 Å². The Morgan fingerprint density at radius 3 is 2.71 bits per heavy atom. The van der Waals surface area contributed by atoms with Crippen LogP contribution in [0.25, 0.3) is 16.6 Å². The van der Waals surface area contributed by atoms with E-state index in [1.54, 1.807) is 4.52 Å². The lowest BCUT2D eigenvalue weighted by molar-refractivity contribution is 0.0723. The molecule has 24 heavy (non-hydrogen) atoms. The summed E-state index contributed by atoms with van der Waals surface area (Å²) in [4.78, 5) is 14.6. The van der Waals surface area contributed by atoms with Gasteiger partial charge in [-0.2, -0.15) is 5.10 Å². The van der Waals surface area contributed by atoms with E-state index < -0.39 is 0 Å². The zero-order chi connectivity index (χ0) is 16.5. The number of likely N-dealkylation sites (tertiary alicyclic amines) is 1. The predicted molar refractivity (Wildman–Crippen MR) is 95.4 cm³/mol. The summed E-state index contributed by atoms with van der Waals surface area (Å²) < 4.78 is 1.77. The molecule has 5 heteroatoms. The Morgan fingerprint density at radius 1 is 1.08 bits per heavy atom. The number of halogens is 1. The zero-order valence-electron chi connectivity index (χ0n) is 13.3. The van der Waals surface area contributed by atoms with Crippen LogP contribution in [-0.4, -0.2) is 33.5 Å². The molecule has 3 heterocycles. The molecule has 0 saturated carbocycles. The zero-order valence-corrected chi connectivity index (χ0v) is 14.0. The van der Waals surface area contributed by atoms with Crippen LogP contribution in [0, 0.1) is 0 Å². The maximum Gasteiger partial charge on any atom is 0.255 e. The molecule has 0 bridgehead atoms. The Labute approximate surface area is 145 Å². The van der Waals surface area contributed by atoms with Crippen LogP contribution in [0.5, 0.6) is 0 Å². The van der Waals surface area contributed by atoms with E-state index in [9.17, 15) is 4.79 Å². The highest BCUT2D eigenvalue weighted by molar-refractivity contribution is 6.30. The van der Waals surface area contributed by atoms with Gasteiger partial charge in [-0.3, -0.25) is 4.79 Å². The molecule has 4 rings (SSSR count). The van der Waals surface area contributed by atoms with Crippen molar-refractivity contribution in [3.8, 4) is 11.1 Å². The summed E-state index contributed by atoms with van der Waals surface area (Å²) >= 11 is 6.09. The topological polar surface area (TPSA) is 37.6 Å². The van der Waals surface area contributed by atoms with Crippen LogP contribution in [0.3, 0.4) is 0 Å². The lowest BCUT2D eigenvalue weighted by atomic mass is 10.1. The molecule has 1 aliphatic heterocycles. The molecule has 1 aliphatic rings. The van der Waals surface area contributed by atoms with E-state index in [1.165, 1.54) is 6.42 Å². The van der Waals surface area contributed by atoms with Crippen molar-refractivity contribution in [2.75, 3.05) is 13.1 Å². The molecule has 1 saturated heterocycles. The standard InChI is InChI=1S/C19H18ClN3O/c20-16-6-4-5-14(11-16)17-12-21-23-13-15(7-8-18(17)23)19(24)22-9-2-1-3-10-22/h4-8,11-13H,1-3,9-10H2. The third-order valence-corrected chi connectivity index (χ3v) is 4.78. The summed E-state index contributed by atoms with van der Waals surface area (Å²) in [7, 11) is 0. The van der Waals surface area contributed by atoms with E-state index in [0.29, 0.717) is 10.6 Å². The van der Waals surface area contributed by atoms with Crippen molar-refractivity contribution in [2.45, 2.75) is 19.3 Å². The van der Waals surface area contributed by atoms with Crippen LogP contribution in [0.1, 0.15) is 29.6 Å². The van der Waals surface area contributed by atoms with Crippen LogP contribution in [0.15, 0.2) is 48.8 Å². The van der Waals surface area contributed by atoms with Gasteiger partial charge in [0.15, 0.2) is 0 Å². The minimum Gasteiger partial charge on any atom is -0.339 e. The molecule has 3 aromatic rings. The maximum atomic E-state index is 12.6. The number of rotatable bonds is 2. The van der Waals surface area contributed by atoms with Gasteiger partial charge in [-0.15, -0.1) is 0 Å². The average molecular weight is 340 g/mol. The molecule has 0 atom stereocenters. The number of amides is 1. The number of fused-ring (bicyclic) bond motifs is 1. The van der Waals surface area contributed by atoms with E-state index in [0.717, 1.165) is 42.6 Å². The van der Waals surface area contributed by atoms with E-state index in [-0.39, 0.29) is 5.91 Å². The number of piperidine rings is 1. The van der Waals surface area contributed by atoms with Gasteiger partial charge in [0.05, 0.1) is 17.3 Å². The van der Waals surface area contributed by atoms with Crippen molar-refractivity contribution in [3.63, 3.8) is 0 Å². The number of nitrogens with zero attached hydrogens (tertiary/aromatic N) is 3. The molecule has 2 aromatic heterocycles. The van der Waals surface area contributed by atoms with Gasteiger partial charge in [0.1, 0.15) is 0 Å². The van der Waals surface area contributed by atoms with Crippen molar-refractivity contribution >= 4 is 23.0 Å². The molecule has 1 fully saturated rings. The lowest BCUT2D eigenvalue weighted by Crippen LogP contribution is -2.35. The summed E-state index contributed by atoms with van der Waals surface area (Å²) in [6.07, 6.45) is 7.03. The highest BCUT2D eigenvalue weighted by Crippen LogP contribution is 2.27. The van der Waals surface area contributed by atoms with Gasteiger partial charge >= 0.3 is 0 Å². The number of pyridine rings is 1. The number of aromatic nitrogens is 2. The minimum atomic E-state index is 0.0939. The summed E-state index contributed by atoms with van der Waals surface area (Å²) in [6.45, 7) is 1.70. The summed E-state index contributed by atoms with van der Waals surface area (Å²) in [5.74, 6) is 0.0939. The molecule has 1 aromatic carbocycles. The monoisotopic (exact) mass is 339 g/mol. The molecule has 0 unspecified atom stereocenters. The molecule has 0 spiro atoms. The summed E-state index contributed by atoms with van der Waals surface area (Å²) in [5.41, 5.74) is 3.68. The van der Waals surface area contributed by atoms with Gasteiger partial charge in [-0.25, -0.2) is 4.52 Å². The van der Waals surface area contributed by atoms with Crippen LogP contribution in [-0.2, 0) is 0 Å². The van der Waals surface area contributed by atoms with Gasteiger partial charge in [0.25, 0.3) is 5.91 Å². The largest absolute Gasteiger partial charge is 0.339 e. The van der Waals surface area contributed by atoms with E-state index in [4.69, 9.17) is 11.6 Å². The number of hydrogen-bond donors (Lipinski definition) is 0. The van der Waals surface area contributed by atoms with Crippen molar-refractivity contribution in [1.82, 2.24) is 14.5 Å². The Kier molecular flexibility index (Phi) is 3.98. The van der Waals surface area contributed by atoms with Gasteiger partial charge in [0, 0.05) is 29.9 Å². The first kappa shape index (κ1) is 15.2. The van der Waals surface area contributed by atoms with Crippen molar-refractivity contribution < 1.29 is 4.79 Å². The molecule has 0 aliphatic carbocycles. The third-order valence-electron chi connectivity index (χ3n) is 4.54. The SMILES string of the molecule is O=C(c1ccc2c(-c3cccc(Cl)c3)cnn2c1)N1CCCCC1. The minimum absolute atomic E-state index is 0.0939. The second-order valence-corrected chi connectivity index (χ2v) is 6.61. The Morgan fingerprint density at radius 2 is 1.92 bits per heavy atom. The fourth-order valence-corrected chi connectivity index (χ4v) is 3.46. The number of carbonyl (C=O) groups is 1. The van der Waals surface area contributed by atoms with Crippen LogP contribution in [0.2, 0.25) is 5.02 Å². The van der Waals surface area contributed by atoms with Gasteiger partial charge in [-0.05, 0) is 49.1 Å². The third kappa shape index (κ3) is 2.78. The number of carbonyl (C=O) groups excluding carboxylic acids is 1. The number of hydrogen-bond acceptors (Lipinski definition) is 2. The van der Waals surface area contributed by atoms with Gasteiger partial charge in [-0.1, -0.05) is 23.7 Å². The molecule has 122 valence electrons. The fraction of sp³-hybridized carbons (Fsp3) is 0.263. The first-order valence-electron chi connectivity index (χ1n) is 8.25. The Hall–Kier alpha value is -2.33. The highest BCUT2D eigenvalue weighted by Gasteiger charge is 2.19. The molecule has 4 nitrogen and oxygen atoms in total. The normalized spacial score (nSPS) is 15.0. The van der Waals surface area contributed by atoms with Crippen LogP contribution in [0.4, 0.5) is 0 Å². The van der Waals surface area contributed by atoms with E-state index >= 15 is 0 Å². The maximum absolute atomic E-state index is 12.6. The quantitative estimate of drug-likeness (QED) is 0.698. The average Bonchev–Trinajstić information content (AvgIpc) is 3.05. The fourth-order valence-electron chi connectivity index (χ4n) is 3.27. The van der Waals surface area contributed by atoms with Gasteiger partial charge in [0.2, 0.25) is 0 Å². The Balaban J connectivity index is 1.69. The van der Waals surface area contributed by atoms with Crippen LogP contribution >= 0.6 is 11.6 Å². The van der Waals surface area contributed by atoms with Crippen molar-refractivity contribution in [2.24, 2.45) is 0 Å². The van der Waals surface area contributed by atoms with E-state index in [1.807, 2.05) is 53.7 Å². The second kappa shape index (κ2) is 6.29. The summed E-state index contributed by atoms with van der Waals surface area (Å²) in [5, 5.41) is 5.11. The molecule has 1 amide bonds. The number of benzene rings is 1. The van der Waals surface area contributed by atoms with Crippen molar-refractivity contribution in [1.29, 1.82) is 0 Å². The Bertz CT molecular complexity index is 897. The smallest absolute Gasteiger partial charge is 0.255 e. The first-order valence-corrected chi connectivity index (χ1v) is 8.63. The van der Waals surface area contributed by atoms with Crippen LogP contribution < -0.4 is 0 Å². The molecular formula is C19H18ClN3O. The van der Waals surface area contributed by atoms with E-state index in [2.05, 4.69) is 5.10 Å². The van der Waals surface area contributed by atoms with Crippen molar-refractivity contribution in [3.05, 3.63) is 59.4 Å². The second-order valence-electron chi connectivity index (χ2n) is 6.17. The molecule has 0 N–H and O–H groups in total. The first-order chi connectivity index (χ1) is 11.7. The summed E-state index contributed by atoms with van der Waals surface area (Å²) in [6, 6.07) is 11.6. The molecular weight excluding hydrogens is 322 g/mol. The predicted octanol–water partition coefficient (Wildman–Crippen LogP) is 4.28. The molecule has 0 radical (unpaired) electrons.